The molecule has 0 aliphatic heterocycles. The third-order valence-corrected chi connectivity index (χ3v) is 4.25. The van der Waals surface area contributed by atoms with Crippen LogP contribution in [0.25, 0.3) is 10.9 Å². The molecule has 2 aromatic carbocycles. The molecule has 0 atom stereocenters. The molecule has 4 nitrogen and oxygen atoms in total. The summed E-state index contributed by atoms with van der Waals surface area (Å²) >= 11 is 0. The first kappa shape index (κ1) is 16.3. The number of aliphatic hydroxyl groups is 1. The number of rotatable bonds is 6. The van der Waals surface area contributed by atoms with Gasteiger partial charge in [-0.1, -0.05) is 48.5 Å². The predicted molar refractivity (Wildman–Crippen MR) is 95.6 cm³/mol. The maximum Gasteiger partial charge on any atom is 0.242 e. The maximum atomic E-state index is 12.8. The van der Waals surface area contributed by atoms with Crippen LogP contribution in [0.2, 0.25) is 0 Å². The first-order valence-electron chi connectivity index (χ1n) is 8.16. The molecule has 0 saturated carbocycles. The Kier molecular flexibility index (Phi) is 4.96. The van der Waals surface area contributed by atoms with E-state index in [1.165, 1.54) is 0 Å². The van der Waals surface area contributed by atoms with Crippen LogP contribution in [0.15, 0.2) is 60.7 Å². The van der Waals surface area contributed by atoms with Crippen LogP contribution in [0.5, 0.6) is 0 Å². The first-order chi connectivity index (χ1) is 11.7. The second-order valence-electron chi connectivity index (χ2n) is 5.96. The number of hydrogen-bond acceptors (Lipinski definition) is 2. The molecule has 0 aliphatic carbocycles. The van der Waals surface area contributed by atoms with Gasteiger partial charge in [-0.2, -0.15) is 0 Å². The Morgan fingerprint density at radius 3 is 2.54 bits per heavy atom. The summed E-state index contributed by atoms with van der Waals surface area (Å²) in [5, 5.41) is 10.5. The number of nitrogens with zero attached hydrogens (tertiary/aromatic N) is 2. The van der Waals surface area contributed by atoms with Gasteiger partial charge in [0.1, 0.15) is 6.54 Å². The monoisotopic (exact) mass is 322 g/mol. The van der Waals surface area contributed by atoms with Gasteiger partial charge in [0.25, 0.3) is 0 Å². The molecule has 1 heterocycles. The highest BCUT2D eigenvalue weighted by Gasteiger charge is 2.16. The number of carbonyl (C=O) groups excluding carboxylic acids is 1. The number of benzene rings is 2. The fraction of sp³-hybridized carbons (Fsp3) is 0.250. The average Bonchev–Trinajstić information content (AvgIpc) is 2.91. The predicted octanol–water partition coefficient (Wildman–Crippen LogP) is 2.97. The number of hydrogen-bond donors (Lipinski definition) is 1. The van der Waals surface area contributed by atoms with Gasteiger partial charge < -0.3 is 14.6 Å². The molecule has 0 unspecified atom stereocenters. The van der Waals surface area contributed by atoms with Crippen molar-refractivity contribution in [2.45, 2.75) is 20.0 Å². The Morgan fingerprint density at radius 1 is 1.08 bits per heavy atom. The van der Waals surface area contributed by atoms with E-state index < -0.39 is 0 Å². The third-order valence-electron chi connectivity index (χ3n) is 4.25. The third kappa shape index (κ3) is 3.49. The molecule has 4 heteroatoms. The molecule has 124 valence electrons. The van der Waals surface area contributed by atoms with Crippen molar-refractivity contribution >= 4 is 16.8 Å². The van der Waals surface area contributed by atoms with Crippen LogP contribution in [0.4, 0.5) is 0 Å². The van der Waals surface area contributed by atoms with Gasteiger partial charge in [-0.15, -0.1) is 0 Å². The summed E-state index contributed by atoms with van der Waals surface area (Å²) in [4.78, 5) is 14.5. The minimum absolute atomic E-state index is 0.0114. The molecule has 1 amide bonds. The van der Waals surface area contributed by atoms with E-state index in [1.54, 1.807) is 4.90 Å². The number of aromatic nitrogens is 1. The van der Waals surface area contributed by atoms with Gasteiger partial charge in [0, 0.05) is 24.3 Å². The zero-order valence-electron chi connectivity index (χ0n) is 13.9. The summed E-state index contributed by atoms with van der Waals surface area (Å²) in [6, 6.07) is 20.0. The quantitative estimate of drug-likeness (QED) is 0.758. The second kappa shape index (κ2) is 7.32. The lowest BCUT2D eigenvalue weighted by molar-refractivity contribution is -0.132. The molecular weight excluding hydrogens is 300 g/mol. The molecule has 3 rings (SSSR count). The van der Waals surface area contributed by atoms with E-state index in [0.717, 1.165) is 22.2 Å². The van der Waals surface area contributed by atoms with E-state index in [9.17, 15) is 9.90 Å². The fourth-order valence-corrected chi connectivity index (χ4v) is 3.01. The molecule has 0 spiro atoms. The first-order valence-corrected chi connectivity index (χ1v) is 8.16. The molecule has 0 saturated heterocycles. The van der Waals surface area contributed by atoms with Gasteiger partial charge in [0.05, 0.1) is 6.61 Å². The van der Waals surface area contributed by atoms with E-state index in [0.29, 0.717) is 13.1 Å². The Balaban J connectivity index is 1.81. The molecule has 1 N–H and O–H groups in total. The zero-order valence-corrected chi connectivity index (χ0v) is 13.9. The van der Waals surface area contributed by atoms with Gasteiger partial charge in [-0.3, -0.25) is 4.79 Å². The van der Waals surface area contributed by atoms with Crippen molar-refractivity contribution in [3.63, 3.8) is 0 Å². The lowest BCUT2D eigenvalue weighted by atomic mass is 10.2. The fourth-order valence-electron chi connectivity index (χ4n) is 3.01. The van der Waals surface area contributed by atoms with E-state index in [4.69, 9.17) is 0 Å². The smallest absolute Gasteiger partial charge is 0.242 e. The summed E-state index contributed by atoms with van der Waals surface area (Å²) in [5.41, 5.74) is 3.19. The lowest BCUT2D eigenvalue weighted by Crippen LogP contribution is -2.35. The maximum absolute atomic E-state index is 12.8. The van der Waals surface area contributed by atoms with E-state index >= 15 is 0 Å². The second-order valence-corrected chi connectivity index (χ2v) is 5.96. The Hall–Kier alpha value is -2.59. The highest BCUT2D eigenvalue weighted by molar-refractivity contribution is 5.84. The van der Waals surface area contributed by atoms with Crippen molar-refractivity contribution in [1.29, 1.82) is 0 Å². The van der Waals surface area contributed by atoms with Gasteiger partial charge in [-0.05, 0) is 30.0 Å². The van der Waals surface area contributed by atoms with E-state index in [1.807, 2.05) is 60.0 Å². The molecule has 3 aromatic rings. The molecule has 0 aliphatic rings. The molecular formula is C20H22N2O2. The zero-order chi connectivity index (χ0) is 16.9. The van der Waals surface area contributed by atoms with Crippen molar-refractivity contribution in [3.8, 4) is 0 Å². The van der Waals surface area contributed by atoms with Crippen molar-refractivity contribution in [2.75, 3.05) is 13.2 Å². The SMILES string of the molecule is Cc1cc2ccccc2n1CC(=O)N(CCO)Cc1ccccc1. The number of aliphatic hydroxyl groups excluding tert-OH is 1. The minimum Gasteiger partial charge on any atom is -0.395 e. The minimum atomic E-state index is -0.0377. The van der Waals surface area contributed by atoms with Crippen LogP contribution in [-0.4, -0.2) is 33.6 Å². The van der Waals surface area contributed by atoms with Crippen molar-refractivity contribution in [2.24, 2.45) is 0 Å². The van der Waals surface area contributed by atoms with Gasteiger partial charge in [0.2, 0.25) is 5.91 Å². The van der Waals surface area contributed by atoms with E-state index in [2.05, 4.69) is 12.1 Å². The van der Waals surface area contributed by atoms with Gasteiger partial charge in [0.15, 0.2) is 0 Å². The average molecular weight is 322 g/mol. The summed E-state index contributed by atoms with van der Waals surface area (Å²) < 4.78 is 2.03. The molecule has 24 heavy (non-hydrogen) atoms. The normalized spacial score (nSPS) is 10.9. The van der Waals surface area contributed by atoms with Gasteiger partial charge in [-0.25, -0.2) is 0 Å². The van der Waals surface area contributed by atoms with Gasteiger partial charge >= 0.3 is 0 Å². The molecule has 0 radical (unpaired) electrons. The van der Waals surface area contributed by atoms with Crippen LogP contribution < -0.4 is 0 Å². The standard InChI is InChI=1S/C20H22N2O2/c1-16-13-18-9-5-6-10-19(18)22(16)15-20(24)21(11-12-23)14-17-7-3-2-4-8-17/h2-10,13,23H,11-12,14-15H2,1H3. The number of carbonyl (C=O) groups is 1. The molecule has 1 aromatic heterocycles. The highest BCUT2D eigenvalue weighted by atomic mass is 16.3. The summed E-state index contributed by atoms with van der Waals surface area (Å²) in [5.74, 6) is 0.0114. The number of fused-ring (bicyclic) bond motifs is 1. The Morgan fingerprint density at radius 2 is 1.79 bits per heavy atom. The largest absolute Gasteiger partial charge is 0.395 e. The number of aryl methyl sites for hydroxylation is 1. The highest BCUT2D eigenvalue weighted by Crippen LogP contribution is 2.19. The topological polar surface area (TPSA) is 45.5 Å². The Labute approximate surface area is 141 Å². The van der Waals surface area contributed by atoms with Crippen LogP contribution in [0, 0.1) is 6.92 Å². The number of para-hydroxylation sites is 1. The van der Waals surface area contributed by atoms with Crippen LogP contribution in [-0.2, 0) is 17.9 Å². The summed E-state index contributed by atoms with van der Waals surface area (Å²) in [6.07, 6.45) is 0. The van der Waals surface area contributed by atoms with E-state index in [-0.39, 0.29) is 19.1 Å². The van der Waals surface area contributed by atoms with Crippen molar-refractivity contribution < 1.29 is 9.90 Å². The van der Waals surface area contributed by atoms with Crippen LogP contribution in [0.1, 0.15) is 11.3 Å². The summed E-state index contributed by atoms with van der Waals surface area (Å²) in [7, 11) is 0. The van der Waals surface area contributed by atoms with Crippen LogP contribution in [0.3, 0.4) is 0 Å². The lowest BCUT2D eigenvalue weighted by Gasteiger charge is -2.23. The van der Waals surface area contributed by atoms with Crippen LogP contribution >= 0.6 is 0 Å². The Bertz CT molecular complexity index is 824. The molecule has 0 fully saturated rings. The van der Waals surface area contributed by atoms with Crippen molar-refractivity contribution in [3.05, 3.63) is 71.9 Å². The van der Waals surface area contributed by atoms with Crippen molar-refractivity contribution in [1.82, 2.24) is 9.47 Å². The number of amides is 1. The molecule has 0 bridgehead atoms. The summed E-state index contributed by atoms with van der Waals surface area (Å²) in [6.45, 7) is 3.11.